The van der Waals surface area contributed by atoms with E-state index in [4.69, 9.17) is 10.5 Å². The highest BCUT2D eigenvalue weighted by molar-refractivity contribution is 5.67. The molecule has 252 valence electrons. The highest BCUT2D eigenvalue weighted by Crippen LogP contribution is 2.16. The predicted octanol–water partition coefficient (Wildman–Crippen LogP) is 5.35. The number of carbonyl (C=O) groups excluding carboxylic acids is 1. The van der Waals surface area contributed by atoms with Gasteiger partial charge in [-0.2, -0.15) is 9.59 Å². The Morgan fingerprint density at radius 3 is 1.53 bits per heavy atom. The quantitative estimate of drug-likeness (QED) is 0.188. The molecule has 0 aliphatic heterocycles. The van der Waals surface area contributed by atoms with Crippen LogP contribution in [0, 0.1) is 0 Å². The number of alkyl carbamates (subject to hydrolysis) is 1. The van der Waals surface area contributed by atoms with E-state index in [0.29, 0.717) is 44.2 Å². The summed E-state index contributed by atoms with van der Waals surface area (Å²) in [6.45, 7) is 7.91. The molecule has 49 heavy (non-hydrogen) atoms. The molecule has 6 rings (SSSR count). The van der Waals surface area contributed by atoms with Gasteiger partial charge in [-0.3, -0.25) is 0 Å². The molecule has 0 fully saturated rings. The second kappa shape index (κ2) is 16.9. The van der Waals surface area contributed by atoms with Crippen LogP contribution in [0.15, 0.2) is 109 Å². The Bertz CT molecular complexity index is 1860. The Kier molecular flexibility index (Phi) is 11.9. The first-order chi connectivity index (χ1) is 23.7. The minimum Gasteiger partial charge on any atom is -0.444 e. The maximum atomic E-state index is 11.7. The largest absolute Gasteiger partial charge is 0.444 e. The minimum absolute atomic E-state index is 0.400. The number of amides is 1. The number of nitrogens with zero attached hydrogens (tertiary/aromatic N) is 8. The average Bonchev–Trinajstić information content (AvgIpc) is 3.76. The van der Waals surface area contributed by atoms with Crippen LogP contribution in [0.5, 0.6) is 0 Å². The Hall–Kier alpha value is -5.75. The number of nitrogens with two attached hydrogens (primary N) is 1. The van der Waals surface area contributed by atoms with Crippen molar-refractivity contribution in [3.8, 4) is 22.8 Å². The van der Waals surface area contributed by atoms with Crippen LogP contribution in [-0.4, -0.2) is 65.2 Å². The zero-order valence-corrected chi connectivity index (χ0v) is 28.1. The molecule has 0 radical (unpaired) electrons. The minimum atomic E-state index is -0.489. The van der Waals surface area contributed by atoms with Crippen molar-refractivity contribution >= 4 is 6.09 Å². The Balaban J connectivity index is 0.000000199. The zero-order chi connectivity index (χ0) is 34.5. The van der Waals surface area contributed by atoms with Crippen LogP contribution in [0.25, 0.3) is 22.8 Å². The molecule has 0 saturated carbocycles. The van der Waals surface area contributed by atoms with E-state index < -0.39 is 11.7 Å². The van der Waals surface area contributed by atoms with Crippen LogP contribution in [0.1, 0.15) is 43.0 Å². The number of tetrazole rings is 2. The number of aromatic nitrogens is 8. The van der Waals surface area contributed by atoms with Gasteiger partial charge in [0.1, 0.15) is 5.60 Å². The first kappa shape index (κ1) is 34.6. The number of hydrogen-bond donors (Lipinski definition) is 2. The molecule has 12 heteroatoms. The van der Waals surface area contributed by atoms with E-state index in [0.717, 1.165) is 34.2 Å². The van der Waals surface area contributed by atoms with E-state index in [1.807, 2.05) is 118 Å². The van der Waals surface area contributed by atoms with Crippen molar-refractivity contribution in [3.63, 3.8) is 0 Å². The standard InChI is InChI=1S/C21H25N5O2.C16H17N5/c1-21(2,3)28-20(27)22-14-13-16-9-11-18(12-10-16)19-23-25-26(24-19)15-17-7-5-4-6-8-17;17-11-10-13-6-8-15(9-7-13)16-18-20-21(19-16)12-14-4-2-1-3-5-14/h4-12H,13-15H2,1-3H3,(H,22,27);1-9H,10-12,17H2. The van der Waals surface area contributed by atoms with E-state index >= 15 is 0 Å². The second-order valence-electron chi connectivity index (χ2n) is 12.4. The topological polar surface area (TPSA) is 152 Å². The number of rotatable bonds is 11. The first-order valence-electron chi connectivity index (χ1n) is 16.2. The lowest BCUT2D eigenvalue weighted by Gasteiger charge is -2.19. The summed E-state index contributed by atoms with van der Waals surface area (Å²) >= 11 is 0. The molecule has 3 N–H and O–H groups in total. The van der Waals surface area contributed by atoms with Gasteiger partial charge in [0.2, 0.25) is 11.6 Å². The lowest BCUT2D eigenvalue weighted by Crippen LogP contribution is -2.33. The number of carbonyl (C=O) groups is 1. The van der Waals surface area contributed by atoms with Gasteiger partial charge in [0, 0.05) is 17.7 Å². The predicted molar refractivity (Wildman–Crippen MR) is 188 cm³/mol. The highest BCUT2D eigenvalue weighted by Gasteiger charge is 2.15. The summed E-state index contributed by atoms with van der Waals surface area (Å²) in [6.07, 6.45) is 1.20. The molecule has 0 unspecified atom stereocenters. The number of hydrogen-bond acceptors (Lipinski definition) is 9. The van der Waals surface area contributed by atoms with Gasteiger partial charge in [0.15, 0.2) is 0 Å². The molecule has 0 atom stereocenters. The maximum Gasteiger partial charge on any atom is 0.407 e. The van der Waals surface area contributed by atoms with Crippen molar-refractivity contribution in [2.75, 3.05) is 13.1 Å². The molecule has 2 aromatic heterocycles. The molecule has 1 amide bonds. The van der Waals surface area contributed by atoms with Crippen molar-refractivity contribution in [2.24, 2.45) is 5.73 Å². The molecule has 0 aliphatic rings. The molecule has 6 aromatic rings. The fourth-order valence-electron chi connectivity index (χ4n) is 4.78. The van der Waals surface area contributed by atoms with Gasteiger partial charge in [-0.05, 0) is 72.8 Å². The summed E-state index contributed by atoms with van der Waals surface area (Å²) in [5.74, 6) is 1.24. The number of ether oxygens (including phenoxy) is 1. The molecule has 2 heterocycles. The van der Waals surface area contributed by atoms with E-state index in [1.165, 1.54) is 5.56 Å². The van der Waals surface area contributed by atoms with Gasteiger partial charge in [-0.15, -0.1) is 20.4 Å². The molecule has 0 saturated heterocycles. The van der Waals surface area contributed by atoms with Crippen molar-refractivity contribution in [1.29, 1.82) is 0 Å². The van der Waals surface area contributed by atoms with Gasteiger partial charge in [0.25, 0.3) is 0 Å². The fourth-order valence-corrected chi connectivity index (χ4v) is 4.78. The van der Waals surface area contributed by atoms with Crippen LogP contribution in [0.2, 0.25) is 0 Å². The summed E-state index contributed by atoms with van der Waals surface area (Å²) in [6, 6.07) is 36.2. The van der Waals surface area contributed by atoms with Crippen molar-refractivity contribution in [1.82, 2.24) is 45.7 Å². The monoisotopic (exact) mass is 658 g/mol. The fraction of sp³-hybridized carbons (Fsp3) is 0.270. The average molecular weight is 659 g/mol. The third kappa shape index (κ3) is 11.2. The van der Waals surface area contributed by atoms with Gasteiger partial charge >= 0.3 is 6.09 Å². The summed E-state index contributed by atoms with van der Waals surface area (Å²) in [5, 5.41) is 28.1. The Morgan fingerprint density at radius 2 is 1.10 bits per heavy atom. The lowest BCUT2D eigenvalue weighted by molar-refractivity contribution is 0.0528. The second-order valence-corrected chi connectivity index (χ2v) is 12.4. The van der Waals surface area contributed by atoms with E-state index in [1.54, 1.807) is 9.59 Å². The van der Waals surface area contributed by atoms with Crippen molar-refractivity contribution in [3.05, 3.63) is 131 Å². The van der Waals surface area contributed by atoms with Crippen molar-refractivity contribution in [2.45, 2.75) is 52.3 Å². The van der Waals surface area contributed by atoms with Gasteiger partial charge < -0.3 is 15.8 Å². The number of nitrogens with one attached hydrogen (secondary N) is 1. The van der Waals surface area contributed by atoms with Crippen LogP contribution in [0.3, 0.4) is 0 Å². The normalized spacial score (nSPS) is 11.0. The van der Waals surface area contributed by atoms with E-state index in [9.17, 15) is 4.79 Å². The molecular formula is C37H42N10O2. The maximum absolute atomic E-state index is 11.7. The summed E-state index contributed by atoms with van der Waals surface area (Å²) < 4.78 is 5.22. The van der Waals surface area contributed by atoms with Crippen molar-refractivity contribution < 1.29 is 9.53 Å². The lowest BCUT2D eigenvalue weighted by atomic mass is 10.1. The van der Waals surface area contributed by atoms with E-state index in [2.05, 4.69) is 48.3 Å². The zero-order valence-electron chi connectivity index (χ0n) is 28.1. The molecule has 0 spiro atoms. The molecule has 0 bridgehead atoms. The summed E-state index contributed by atoms with van der Waals surface area (Å²) in [5.41, 5.74) is 11.5. The smallest absolute Gasteiger partial charge is 0.407 e. The third-order valence-electron chi connectivity index (χ3n) is 7.18. The highest BCUT2D eigenvalue weighted by atomic mass is 16.6. The summed E-state index contributed by atoms with van der Waals surface area (Å²) in [7, 11) is 0. The number of benzene rings is 4. The Morgan fingerprint density at radius 1 is 0.653 bits per heavy atom. The van der Waals surface area contributed by atoms with Crippen LogP contribution in [-0.2, 0) is 30.7 Å². The first-order valence-corrected chi connectivity index (χ1v) is 16.2. The van der Waals surface area contributed by atoms with E-state index in [-0.39, 0.29) is 0 Å². The molecule has 0 aliphatic carbocycles. The van der Waals surface area contributed by atoms with Gasteiger partial charge in [0.05, 0.1) is 13.1 Å². The van der Waals surface area contributed by atoms with Crippen LogP contribution < -0.4 is 11.1 Å². The summed E-state index contributed by atoms with van der Waals surface area (Å²) in [4.78, 5) is 14.9. The molecule has 12 nitrogen and oxygen atoms in total. The van der Waals surface area contributed by atoms with Crippen LogP contribution in [0.4, 0.5) is 4.79 Å². The Labute approximate surface area is 286 Å². The van der Waals surface area contributed by atoms with Crippen LogP contribution >= 0.6 is 0 Å². The van der Waals surface area contributed by atoms with Gasteiger partial charge in [-0.1, -0.05) is 109 Å². The van der Waals surface area contributed by atoms with Gasteiger partial charge in [-0.25, -0.2) is 4.79 Å². The molecule has 4 aromatic carbocycles. The third-order valence-corrected chi connectivity index (χ3v) is 7.18. The molecular weight excluding hydrogens is 616 g/mol. The SMILES string of the molecule is CC(C)(C)OC(=O)NCCc1ccc(-c2nnn(Cc3ccccc3)n2)cc1.NCCc1ccc(-c2nnn(Cc3ccccc3)n2)cc1.